The fourth-order valence-electron chi connectivity index (χ4n) is 2.12. The highest BCUT2D eigenvalue weighted by Crippen LogP contribution is 2.22. The number of halogens is 1. The third-order valence-corrected chi connectivity index (χ3v) is 3.08. The quantitative estimate of drug-likeness (QED) is 0.672. The van der Waals surface area contributed by atoms with Gasteiger partial charge in [-0.15, -0.1) is 0 Å². The molecule has 0 amide bonds. The summed E-state index contributed by atoms with van der Waals surface area (Å²) in [6.45, 7) is 0. The molecular formula is C15H11FN2O2. The van der Waals surface area contributed by atoms with Crippen LogP contribution in [0, 0.1) is 5.82 Å². The Hall–Kier alpha value is -2.69. The highest BCUT2D eigenvalue weighted by Gasteiger charge is 2.14. The molecule has 0 atom stereocenters. The molecule has 3 aromatic rings. The number of pyridine rings is 1. The number of imidazole rings is 1. The van der Waals surface area contributed by atoms with Crippen LogP contribution in [0.4, 0.5) is 4.39 Å². The fraction of sp³-hybridized carbons (Fsp3) is 0.0667. The zero-order valence-electron chi connectivity index (χ0n) is 10.7. The molecule has 3 rings (SSSR count). The van der Waals surface area contributed by atoms with E-state index in [4.69, 9.17) is 4.74 Å². The maximum absolute atomic E-state index is 13.0. The molecule has 0 N–H and O–H groups in total. The summed E-state index contributed by atoms with van der Waals surface area (Å²) in [5, 5.41) is 0. The van der Waals surface area contributed by atoms with Gasteiger partial charge in [0.05, 0.1) is 24.4 Å². The Morgan fingerprint density at radius 3 is 2.70 bits per heavy atom. The minimum absolute atomic E-state index is 0.301. The van der Waals surface area contributed by atoms with Crippen molar-refractivity contribution in [2.45, 2.75) is 0 Å². The molecule has 2 aromatic heterocycles. The van der Waals surface area contributed by atoms with Crippen molar-refractivity contribution < 1.29 is 13.9 Å². The summed E-state index contributed by atoms with van der Waals surface area (Å²) >= 11 is 0. The Morgan fingerprint density at radius 1 is 1.25 bits per heavy atom. The van der Waals surface area contributed by atoms with E-state index in [1.54, 1.807) is 41.1 Å². The number of hydrogen-bond donors (Lipinski definition) is 0. The zero-order chi connectivity index (χ0) is 14.1. The number of fused-ring (bicyclic) bond motifs is 1. The van der Waals surface area contributed by atoms with Gasteiger partial charge in [-0.05, 0) is 36.4 Å². The van der Waals surface area contributed by atoms with Gasteiger partial charge in [0, 0.05) is 11.8 Å². The van der Waals surface area contributed by atoms with Crippen LogP contribution in [0.25, 0.3) is 16.9 Å². The van der Waals surface area contributed by atoms with Gasteiger partial charge in [-0.25, -0.2) is 14.2 Å². The number of carbonyl (C=O) groups excluding carboxylic acids is 1. The molecule has 0 fully saturated rings. The molecule has 0 unspecified atom stereocenters. The molecule has 0 spiro atoms. The number of hydrogen-bond acceptors (Lipinski definition) is 3. The van der Waals surface area contributed by atoms with Crippen LogP contribution < -0.4 is 0 Å². The molecule has 0 aliphatic heterocycles. The first-order chi connectivity index (χ1) is 9.70. The number of benzene rings is 1. The third-order valence-electron chi connectivity index (χ3n) is 3.08. The number of ether oxygens (including phenoxy) is 1. The lowest BCUT2D eigenvalue weighted by atomic mass is 10.2. The number of carbonyl (C=O) groups is 1. The minimum Gasteiger partial charge on any atom is -0.465 e. The summed E-state index contributed by atoms with van der Waals surface area (Å²) in [7, 11) is 1.34. The molecule has 20 heavy (non-hydrogen) atoms. The first-order valence-corrected chi connectivity index (χ1v) is 6.01. The molecule has 0 radical (unpaired) electrons. The molecule has 1 aromatic carbocycles. The Balaban J connectivity index is 2.19. The van der Waals surface area contributed by atoms with E-state index < -0.39 is 5.97 Å². The number of methoxy groups -OCH3 is 1. The largest absolute Gasteiger partial charge is 0.465 e. The van der Waals surface area contributed by atoms with Crippen molar-refractivity contribution in [2.75, 3.05) is 7.11 Å². The summed E-state index contributed by atoms with van der Waals surface area (Å²) in [5.74, 6) is -0.0724. The van der Waals surface area contributed by atoms with Gasteiger partial charge in [0.2, 0.25) is 0 Å². The lowest BCUT2D eigenvalue weighted by molar-refractivity contribution is 0.0602. The normalized spacial score (nSPS) is 10.7. The van der Waals surface area contributed by atoms with E-state index in [1.807, 2.05) is 0 Å². The van der Waals surface area contributed by atoms with Gasteiger partial charge in [0.1, 0.15) is 11.6 Å². The number of aromatic nitrogens is 2. The van der Waals surface area contributed by atoms with E-state index in [-0.39, 0.29) is 5.82 Å². The highest BCUT2D eigenvalue weighted by atomic mass is 19.1. The SMILES string of the molecule is COC(=O)c1cccn2c(-c3ccc(F)cc3)ncc12. The van der Waals surface area contributed by atoms with Crippen LogP contribution >= 0.6 is 0 Å². The van der Waals surface area contributed by atoms with Crippen molar-refractivity contribution in [3.63, 3.8) is 0 Å². The Morgan fingerprint density at radius 2 is 2.00 bits per heavy atom. The fourth-order valence-corrected chi connectivity index (χ4v) is 2.12. The van der Waals surface area contributed by atoms with Crippen molar-refractivity contribution in [3.05, 3.63) is 60.2 Å². The smallest absolute Gasteiger partial charge is 0.340 e. The molecule has 4 nitrogen and oxygen atoms in total. The van der Waals surface area contributed by atoms with Gasteiger partial charge in [-0.1, -0.05) is 0 Å². The molecular weight excluding hydrogens is 259 g/mol. The Kier molecular flexibility index (Phi) is 2.95. The zero-order valence-corrected chi connectivity index (χ0v) is 10.7. The summed E-state index contributed by atoms with van der Waals surface area (Å²) < 4.78 is 19.5. The van der Waals surface area contributed by atoms with E-state index in [2.05, 4.69) is 4.98 Å². The number of esters is 1. The van der Waals surface area contributed by atoms with Crippen LogP contribution in [0.2, 0.25) is 0 Å². The molecule has 2 heterocycles. The molecule has 0 aliphatic carbocycles. The van der Waals surface area contributed by atoms with E-state index in [9.17, 15) is 9.18 Å². The number of nitrogens with zero attached hydrogens (tertiary/aromatic N) is 2. The molecule has 0 bridgehead atoms. The minimum atomic E-state index is -0.416. The van der Waals surface area contributed by atoms with E-state index in [0.29, 0.717) is 16.9 Å². The van der Waals surface area contributed by atoms with Gasteiger partial charge in [0.15, 0.2) is 0 Å². The number of rotatable bonds is 2. The molecule has 0 saturated carbocycles. The van der Waals surface area contributed by atoms with Gasteiger partial charge in [0.25, 0.3) is 0 Å². The topological polar surface area (TPSA) is 43.6 Å². The predicted octanol–water partition coefficient (Wildman–Crippen LogP) is 2.93. The van der Waals surface area contributed by atoms with Crippen LogP contribution in [0.5, 0.6) is 0 Å². The summed E-state index contributed by atoms with van der Waals surface area (Å²) in [5.41, 5.74) is 1.86. The van der Waals surface area contributed by atoms with Crippen LogP contribution in [0.1, 0.15) is 10.4 Å². The second-order valence-electron chi connectivity index (χ2n) is 4.26. The molecule has 100 valence electrons. The third kappa shape index (κ3) is 1.93. The lowest BCUT2D eigenvalue weighted by Gasteiger charge is -2.04. The van der Waals surface area contributed by atoms with Crippen molar-refractivity contribution in [3.8, 4) is 11.4 Å². The average molecular weight is 270 g/mol. The summed E-state index contributed by atoms with van der Waals surface area (Å²) in [4.78, 5) is 16.0. The first kappa shape index (κ1) is 12.3. The van der Waals surface area contributed by atoms with Gasteiger partial charge < -0.3 is 4.74 Å². The second-order valence-corrected chi connectivity index (χ2v) is 4.26. The van der Waals surface area contributed by atoms with Gasteiger partial charge in [-0.3, -0.25) is 4.40 Å². The van der Waals surface area contributed by atoms with Crippen LogP contribution in [0.15, 0.2) is 48.8 Å². The summed E-state index contributed by atoms with van der Waals surface area (Å²) in [6.07, 6.45) is 3.40. The first-order valence-electron chi connectivity index (χ1n) is 6.01. The molecule has 5 heteroatoms. The van der Waals surface area contributed by atoms with Crippen molar-refractivity contribution in [1.29, 1.82) is 0 Å². The van der Waals surface area contributed by atoms with E-state index in [1.165, 1.54) is 19.2 Å². The van der Waals surface area contributed by atoms with Crippen LogP contribution in [-0.4, -0.2) is 22.5 Å². The summed E-state index contributed by atoms with van der Waals surface area (Å²) in [6, 6.07) is 9.47. The van der Waals surface area contributed by atoms with Gasteiger partial charge in [-0.2, -0.15) is 0 Å². The van der Waals surface area contributed by atoms with Crippen LogP contribution in [-0.2, 0) is 4.74 Å². The maximum atomic E-state index is 13.0. The Bertz CT molecular complexity index is 778. The highest BCUT2D eigenvalue weighted by molar-refractivity contribution is 5.97. The van der Waals surface area contributed by atoms with Crippen molar-refractivity contribution in [2.24, 2.45) is 0 Å². The van der Waals surface area contributed by atoms with Crippen molar-refractivity contribution >= 4 is 11.5 Å². The molecule has 0 aliphatic rings. The second kappa shape index (κ2) is 4.77. The standard InChI is InChI=1S/C15H11FN2O2/c1-20-15(19)12-3-2-8-18-13(12)9-17-14(18)10-4-6-11(16)7-5-10/h2-9H,1H3. The van der Waals surface area contributed by atoms with E-state index in [0.717, 1.165) is 5.56 Å². The van der Waals surface area contributed by atoms with Crippen molar-refractivity contribution in [1.82, 2.24) is 9.38 Å². The lowest BCUT2D eigenvalue weighted by Crippen LogP contribution is -2.03. The Labute approximate surface area is 114 Å². The van der Waals surface area contributed by atoms with E-state index >= 15 is 0 Å². The van der Waals surface area contributed by atoms with Gasteiger partial charge >= 0.3 is 5.97 Å². The van der Waals surface area contributed by atoms with Crippen LogP contribution in [0.3, 0.4) is 0 Å². The predicted molar refractivity (Wildman–Crippen MR) is 71.9 cm³/mol. The monoisotopic (exact) mass is 270 g/mol. The maximum Gasteiger partial charge on any atom is 0.340 e. The molecule has 0 saturated heterocycles. The average Bonchev–Trinajstić information content (AvgIpc) is 2.91.